The van der Waals surface area contributed by atoms with Gasteiger partial charge in [0, 0.05) is 18.0 Å². The number of carbonyl (C=O) groups is 1. The standard InChI is InChI=1S/C21H29N3O2S2/c1-5-11-24-20(26)17-15-9-7-6-8-10-16(15)28-19(17)23-21(24)27-14(4)18(25)22-12-13(2)3/h5,13-14H,1,6-12H2,2-4H3,(H,22,25)/t14-/m0/s1. The van der Waals surface area contributed by atoms with Gasteiger partial charge >= 0.3 is 0 Å². The summed E-state index contributed by atoms with van der Waals surface area (Å²) in [6.45, 7) is 10.8. The number of nitrogens with one attached hydrogen (secondary N) is 1. The maximum Gasteiger partial charge on any atom is 0.263 e. The largest absolute Gasteiger partial charge is 0.355 e. The second-order valence-electron chi connectivity index (χ2n) is 7.74. The summed E-state index contributed by atoms with van der Waals surface area (Å²) in [7, 11) is 0. The normalized spacial score (nSPS) is 15.3. The average Bonchev–Trinajstić information content (AvgIpc) is 2.84. The summed E-state index contributed by atoms with van der Waals surface area (Å²) in [6, 6.07) is 0. The van der Waals surface area contributed by atoms with Crippen molar-refractivity contribution >= 4 is 39.2 Å². The second-order valence-corrected chi connectivity index (χ2v) is 10.1. The molecule has 0 unspecified atom stereocenters. The van der Waals surface area contributed by atoms with Gasteiger partial charge in [-0.25, -0.2) is 4.98 Å². The fourth-order valence-electron chi connectivity index (χ4n) is 3.44. The predicted molar refractivity (Wildman–Crippen MR) is 119 cm³/mol. The van der Waals surface area contributed by atoms with E-state index in [9.17, 15) is 9.59 Å². The Morgan fingerprint density at radius 1 is 1.32 bits per heavy atom. The molecule has 3 rings (SSSR count). The van der Waals surface area contributed by atoms with Gasteiger partial charge in [-0.1, -0.05) is 38.1 Å². The van der Waals surface area contributed by atoms with Crippen molar-refractivity contribution in [2.24, 2.45) is 5.92 Å². The minimum atomic E-state index is -0.322. The second kappa shape index (κ2) is 9.27. The minimum Gasteiger partial charge on any atom is -0.355 e. The van der Waals surface area contributed by atoms with Crippen LogP contribution in [0.15, 0.2) is 22.6 Å². The first-order chi connectivity index (χ1) is 13.4. The summed E-state index contributed by atoms with van der Waals surface area (Å²) in [4.78, 5) is 32.7. The van der Waals surface area contributed by atoms with Gasteiger partial charge in [-0.2, -0.15) is 0 Å². The highest BCUT2D eigenvalue weighted by Crippen LogP contribution is 2.34. The summed E-state index contributed by atoms with van der Waals surface area (Å²) in [6.07, 6.45) is 7.23. The van der Waals surface area contributed by atoms with E-state index >= 15 is 0 Å². The number of carbonyl (C=O) groups excluding carboxylic acids is 1. The molecule has 1 amide bonds. The molecule has 0 saturated heterocycles. The fraction of sp³-hybridized carbons (Fsp3) is 0.571. The van der Waals surface area contributed by atoms with Crippen molar-refractivity contribution in [3.05, 3.63) is 33.4 Å². The van der Waals surface area contributed by atoms with Crippen molar-refractivity contribution in [1.29, 1.82) is 0 Å². The number of nitrogens with zero attached hydrogens (tertiary/aromatic N) is 2. The SMILES string of the molecule is C=CCn1c(S[C@@H](C)C(=O)NCC(C)C)nc2sc3c(c2c1=O)CCCCC3. The van der Waals surface area contributed by atoms with E-state index in [4.69, 9.17) is 4.98 Å². The maximum atomic E-state index is 13.3. The van der Waals surface area contributed by atoms with Crippen LogP contribution in [0, 0.1) is 5.92 Å². The zero-order valence-electron chi connectivity index (χ0n) is 16.9. The Morgan fingerprint density at radius 2 is 2.07 bits per heavy atom. The number of amides is 1. The van der Waals surface area contributed by atoms with Crippen LogP contribution in [0.25, 0.3) is 10.2 Å². The number of thiophene rings is 1. The van der Waals surface area contributed by atoms with Crippen molar-refractivity contribution in [1.82, 2.24) is 14.9 Å². The first kappa shape index (κ1) is 21.1. The molecule has 0 aliphatic heterocycles. The van der Waals surface area contributed by atoms with Crippen molar-refractivity contribution in [3.63, 3.8) is 0 Å². The molecule has 2 heterocycles. The molecule has 0 radical (unpaired) electrons. The zero-order chi connectivity index (χ0) is 20.3. The molecule has 0 aromatic carbocycles. The number of hydrogen-bond donors (Lipinski definition) is 1. The first-order valence-electron chi connectivity index (χ1n) is 10.0. The van der Waals surface area contributed by atoms with Gasteiger partial charge in [0.1, 0.15) is 4.83 Å². The molecule has 2 aromatic heterocycles. The highest BCUT2D eigenvalue weighted by molar-refractivity contribution is 8.00. The summed E-state index contributed by atoms with van der Waals surface area (Å²) in [5.74, 6) is 0.372. The van der Waals surface area contributed by atoms with Crippen molar-refractivity contribution in [3.8, 4) is 0 Å². The van der Waals surface area contributed by atoms with Crippen LogP contribution in [0.2, 0.25) is 0 Å². The van der Waals surface area contributed by atoms with Crippen LogP contribution in [-0.2, 0) is 24.2 Å². The molecule has 152 valence electrons. The topological polar surface area (TPSA) is 64.0 Å². The zero-order valence-corrected chi connectivity index (χ0v) is 18.5. The van der Waals surface area contributed by atoms with E-state index in [1.807, 2.05) is 6.92 Å². The number of aryl methyl sites for hydroxylation is 2. The molecule has 0 bridgehead atoms. The Bertz CT molecular complexity index is 930. The van der Waals surface area contributed by atoms with Gasteiger partial charge < -0.3 is 5.32 Å². The average molecular weight is 420 g/mol. The Labute approximate surface area is 174 Å². The summed E-state index contributed by atoms with van der Waals surface area (Å²) in [5.41, 5.74) is 1.20. The van der Waals surface area contributed by atoms with Crippen LogP contribution >= 0.6 is 23.1 Å². The number of rotatable bonds is 7. The fourth-order valence-corrected chi connectivity index (χ4v) is 5.68. The van der Waals surface area contributed by atoms with E-state index in [1.54, 1.807) is 22.0 Å². The molecule has 1 aliphatic carbocycles. The van der Waals surface area contributed by atoms with Gasteiger partial charge in [-0.15, -0.1) is 17.9 Å². The van der Waals surface area contributed by atoms with Crippen molar-refractivity contribution in [2.75, 3.05) is 6.54 Å². The number of fused-ring (bicyclic) bond motifs is 3. The molecule has 1 N–H and O–H groups in total. The molecule has 0 spiro atoms. The molecule has 28 heavy (non-hydrogen) atoms. The highest BCUT2D eigenvalue weighted by atomic mass is 32.2. The molecule has 1 atom stereocenters. The summed E-state index contributed by atoms with van der Waals surface area (Å²) in [5, 5.41) is 4.02. The van der Waals surface area contributed by atoms with Crippen LogP contribution in [0.4, 0.5) is 0 Å². The molecule has 2 aromatic rings. The molecule has 5 nitrogen and oxygen atoms in total. The van der Waals surface area contributed by atoms with Crippen LogP contribution in [0.5, 0.6) is 0 Å². The minimum absolute atomic E-state index is 0.00147. The lowest BCUT2D eigenvalue weighted by molar-refractivity contribution is -0.120. The smallest absolute Gasteiger partial charge is 0.263 e. The van der Waals surface area contributed by atoms with E-state index in [0.29, 0.717) is 24.2 Å². The molecule has 0 fully saturated rings. The lowest BCUT2D eigenvalue weighted by Gasteiger charge is -2.15. The Morgan fingerprint density at radius 3 is 2.79 bits per heavy atom. The third-order valence-electron chi connectivity index (χ3n) is 4.94. The van der Waals surface area contributed by atoms with E-state index in [-0.39, 0.29) is 16.7 Å². The number of hydrogen-bond acceptors (Lipinski definition) is 5. The highest BCUT2D eigenvalue weighted by Gasteiger charge is 2.23. The lowest BCUT2D eigenvalue weighted by atomic mass is 10.1. The van der Waals surface area contributed by atoms with Gasteiger partial charge in [0.15, 0.2) is 5.16 Å². The van der Waals surface area contributed by atoms with E-state index in [0.717, 1.165) is 29.5 Å². The van der Waals surface area contributed by atoms with Crippen LogP contribution < -0.4 is 10.9 Å². The van der Waals surface area contributed by atoms with Gasteiger partial charge in [0.2, 0.25) is 5.91 Å². The Hall–Kier alpha value is -1.60. The Balaban J connectivity index is 1.97. The molecular formula is C21H29N3O2S2. The lowest BCUT2D eigenvalue weighted by Crippen LogP contribution is -2.34. The van der Waals surface area contributed by atoms with Crippen LogP contribution in [-0.4, -0.2) is 27.3 Å². The maximum absolute atomic E-state index is 13.3. The van der Waals surface area contributed by atoms with Gasteiger partial charge in [-0.05, 0) is 44.1 Å². The predicted octanol–water partition coefficient (Wildman–Crippen LogP) is 4.17. The monoisotopic (exact) mass is 419 g/mol. The van der Waals surface area contributed by atoms with Crippen molar-refractivity contribution < 1.29 is 4.79 Å². The summed E-state index contributed by atoms with van der Waals surface area (Å²) >= 11 is 3.00. The molecule has 1 aliphatic rings. The molecule has 7 heteroatoms. The van der Waals surface area contributed by atoms with Crippen LogP contribution in [0.1, 0.15) is 50.5 Å². The van der Waals surface area contributed by atoms with E-state index in [1.165, 1.54) is 35.0 Å². The van der Waals surface area contributed by atoms with Gasteiger partial charge in [0.25, 0.3) is 5.56 Å². The Kier molecular flexibility index (Phi) is 6.99. The third-order valence-corrected chi connectivity index (χ3v) is 7.21. The quantitative estimate of drug-likeness (QED) is 0.317. The molecule has 0 saturated carbocycles. The molecular weight excluding hydrogens is 390 g/mol. The van der Waals surface area contributed by atoms with Gasteiger partial charge in [0.05, 0.1) is 10.6 Å². The van der Waals surface area contributed by atoms with Crippen LogP contribution in [0.3, 0.4) is 0 Å². The van der Waals surface area contributed by atoms with Crippen molar-refractivity contribution in [2.45, 2.75) is 69.8 Å². The van der Waals surface area contributed by atoms with Gasteiger partial charge in [-0.3, -0.25) is 14.2 Å². The van der Waals surface area contributed by atoms with E-state index in [2.05, 4.69) is 25.7 Å². The summed E-state index contributed by atoms with van der Waals surface area (Å²) < 4.78 is 1.67. The number of aromatic nitrogens is 2. The number of thioether (sulfide) groups is 1. The third kappa shape index (κ3) is 4.51. The number of allylic oxidation sites excluding steroid dienone is 1. The first-order valence-corrected chi connectivity index (χ1v) is 11.7. The van der Waals surface area contributed by atoms with E-state index < -0.39 is 0 Å².